The number of carbonyl (C=O) groups excluding carboxylic acids is 1. The van der Waals surface area contributed by atoms with Gasteiger partial charge in [-0.3, -0.25) is 14.9 Å². The van der Waals surface area contributed by atoms with Crippen molar-refractivity contribution in [2.24, 2.45) is 5.92 Å². The van der Waals surface area contributed by atoms with Gasteiger partial charge in [0.15, 0.2) is 17.3 Å². The molecule has 1 amide bonds. The van der Waals surface area contributed by atoms with E-state index in [1.807, 2.05) is 32.0 Å². The number of non-ortho nitro benzene ring substituents is 1. The van der Waals surface area contributed by atoms with Crippen molar-refractivity contribution in [2.75, 3.05) is 18.7 Å². The lowest BCUT2D eigenvalue weighted by molar-refractivity contribution is -0.384. The Morgan fingerprint density at radius 3 is 2.61 bits per heavy atom. The van der Waals surface area contributed by atoms with Crippen LogP contribution in [0, 0.1) is 16.0 Å². The number of anilines is 1. The molecule has 1 aromatic heterocycles. The molecular formula is C26H22ClN5O6. The summed E-state index contributed by atoms with van der Waals surface area (Å²) in [5.74, 6) is 1.61. The number of rotatable bonds is 8. The molecule has 0 saturated carbocycles. The summed E-state index contributed by atoms with van der Waals surface area (Å²) in [4.78, 5) is 27.6. The van der Waals surface area contributed by atoms with Crippen LogP contribution in [0.15, 0.2) is 60.7 Å². The highest BCUT2D eigenvalue weighted by Gasteiger charge is 2.20. The third-order valence-electron chi connectivity index (χ3n) is 5.54. The van der Waals surface area contributed by atoms with Crippen LogP contribution in [0.2, 0.25) is 5.02 Å². The van der Waals surface area contributed by atoms with E-state index in [1.54, 1.807) is 28.9 Å². The number of fused-ring (bicyclic) bond motifs is 1. The Morgan fingerprint density at radius 1 is 1.13 bits per heavy atom. The minimum atomic E-state index is -0.576. The zero-order valence-electron chi connectivity index (χ0n) is 20.4. The Bertz CT molecular complexity index is 1520. The smallest absolute Gasteiger partial charge is 0.336 e. The topological polar surface area (TPSA) is 131 Å². The van der Waals surface area contributed by atoms with Crippen LogP contribution in [0.1, 0.15) is 24.2 Å². The number of ether oxygens (including phenoxy) is 3. The third kappa shape index (κ3) is 5.23. The molecule has 0 aliphatic carbocycles. The normalized spacial score (nSPS) is 12.0. The molecule has 194 valence electrons. The molecule has 0 saturated heterocycles. The number of hydrogen-bond donors (Lipinski definition) is 1. The molecule has 0 fully saturated rings. The van der Waals surface area contributed by atoms with E-state index in [0.29, 0.717) is 41.2 Å². The summed E-state index contributed by atoms with van der Waals surface area (Å²) in [6.07, 6.45) is 0. The van der Waals surface area contributed by atoms with Gasteiger partial charge in [0.05, 0.1) is 27.8 Å². The van der Waals surface area contributed by atoms with Crippen LogP contribution < -0.4 is 19.5 Å². The van der Waals surface area contributed by atoms with Gasteiger partial charge in [0.1, 0.15) is 0 Å². The number of benzene rings is 3. The molecule has 0 bridgehead atoms. The molecule has 12 heteroatoms. The van der Waals surface area contributed by atoms with E-state index >= 15 is 0 Å². The number of nitrogens with zero attached hydrogens (tertiary/aromatic N) is 4. The average Bonchev–Trinajstić information content (AvgIpc) is 3.54. The van der Waals surface area contributed by atoms with Crippen molar-refractivity contribution in [1.29, 1.82) is 0 Å². The fourth-order valence-electron chi connectivity index (χ4n) is 3.68. The maximum atomic E-state index is 12.7. The third-order valence-corrected chi connectivity index (χ3v) is 5.85. The van der Waals surface area contributed by atoms with Crippen molar-refractivity contribution >= 4 is 28.9 Å². The summed E-state index contributed by atoms with van der Waals surface area (Å²) in [5.41, 5.74) is 1.85. The molecule has 5 rings (SSSR count). The first kappa shape index (κ1) is 25.0. The van der Waals surface area contributed by atoms with Crippen LogP contribution in [-0.2, 0) is 0 Å². The van der Waals surface area contributed by atoms with Gasteiger partial charge >= 0.3 is 6.01 Å². The van der Waals surface area contributed by atoms with E-state index < -0.39 is 10.8 Å². The van der Waals surface area contributed by atoms with Crippen molar-refractivity contribution in [3.05, 3.63) is 81.4 Å². The van der Waals surface area contributed by atoms with Gasteiger partial charge < -0.3 is 19.5 Å². The number of amides is 1. The van der Waals surface area contributed by atoms with Crippen LogP contribution in [0.4, 0.5) is 11.4 Å². The van der Waals surface area contributed by atoms with Gasteiger partial charge in [0.25, 0.3) is 11.6 Å². The Kier molecular flexibility index (Phi) is 6.84. The molecule has 1 N–H and O–H groups in total. The summed E-state index contributed by atoms with van der Waals surface area (Å²) in [5, 5.41) is 18.2. The van der Waals surface area contributed by atoms with Crippen molar-refractivity contribution in [3.8, 4) is 34.6 Å². The number of hydrogen-bond acceptors (Lipinski definition) is 8. The van der Waals surface area contributed by atoms with Gasteiger partial charge in [-0.15, -0.1) is 5.10 Å². The van der Waals surface area contributed by atoms with E-state index in [2.05, 4.69) is 15.4 Å². The van der Waals surface area contributed by atoms with Gasteiger partial charge in [-0.05, 0) is 54.4 Å². The first-order valence-corrected chi connectivity index (χ1v) is 12.0. The summed E-state index contributed by atoms with van der Waals surface area (Å²) in [7, 11) is 0. The lowest BCUT2D eigenvalue weighted by Gasteiger charge is -2.09. The second kappa shape index (κ2) is 10.4. The molecule has 0 atom stereocenters. The van der Waals surface area contributed by atoms with Crippen LogP contribution in [0.3, 0.4) is 0 Å². The number of aromatic nitrogens is 3. The second-order valence-electron chi connectivity index (χ2n) is 8.82. The molecule has 2 heterocycles. The molecule has 1 aliphatic heterocycles. The SMILES string of the molecule is CC(C)COc1nc(-c2ccc3c(c2)OCO3)n(-c2ccc(NC(=O)c3ccc([N+](=O)[O-])cc3Cl)cc2)n1. The second-order valence-corrected chi connectivity index (χ2v) is 9.23. The van der Waals surface area contributed by atoms with Gasteiger partial charge in [-0.1, -0.05) is 25.4 Å². The largest absolute Gasteiger partial charge is 0.462 e. The van der Waals surface area contributed by atoms with E-state index in [1.165, 1.54) is 12.1 Å². The number of nitro benzene ring substituents is 1. The standard InChI is InChI=1S/C26H22ClN5O6/c1-15(2)13-36-26-29-24(16-3-10-22-23(11-16)38-14-37-22)31(30-26)18-6-4-17(5-7-18)28-25(33)20-9-8-19(32(34)35)12-21(20)27/h3-12,15H,13-14H2,1-2H3,(H,28,33). The molecule has 38 heavy (non-hydrogen) atoms. The zero-order valence-corrected chi connectivity index (χ0v) is 21.1. The van der Waals surface area contributed by atoms with Crippen molar-refractivity contribution in [1.82, 2.24) is 14.8 Å². The summed E-state index contributed by atoms with van der Waals surface area (Å²) < 4.78 is 18.3. The highest BCUT2D eigenvalue weighted by atomic mass is 35.5. The van der Waals surface area contributed by atoms with Crippen LogP contribution in [0.25, 0.3) is 17.1 Å². The number of nitrogens with one attached hydrogen (secondary N) is 1. The van der Waals surface area contributed by atoms with Crippen LogP contribution in [-0.4, -0.2) is 39.0 Å². The zero-order chi connectivity index (χ0) is 26.8. The van der Waals surface area contributed by atoms with Crippen molar-refractivity contribution < 1.29 is 23.9 Å². The molecule has 0 spiro atoms. The van der Waals surface area contributed by atoms with Crippen LogP contribution in [0.5, 0.6) is 17.5 Å². The molecule has 0 unspecified atom stereocenters. The minimum Gasteiger partial charge on any atom is -0.462 e. The average molecular weight is 536 g/mol. The molecule has 0 radical (unpaired) electrons. The van der Waals surface area contributed by atoms with Gasteiger partial charge in [0, 0.05) is 23.4 Å². The minimum absolute atomic E-state index is 0.0155. The van der Waals surface area contributed by atoms with Crippen molar-refractivity contribution in [2.45, 2.75) is 13.8 Å². The van der Waals surface area contributed by atoms with Crippen LogP contribution >= 0.6 is 11.6 Å². The fraction of sp³-hybridized carbons (Fsp3) is 0.192. The number of halogens is 1. The summed E-state index contributed by atoms with van der Waals surface area (Å²) in [6, 6.07) is 16.4. The predicted molar refractivity (Wildman–Crippen MR) is 139 cm³/mol. The van der Waals surface area contributed by atoms with E-state index in [-0.39, 0.29) is 29.1 Å². The maximum absolute atomic E-state index is 12.7. The van der Waals surface area contributed by atoms with E-state index in [0.717, 1.165) is 11.6 Å². The molecule has 1 aliphatic rings. The van der Waals surface area contributed by atoms with E-state index in [9.17, 15) is 14.9 Å². The lowest BCUT2D eigenvalue weighted by Crippen LogP contribution is -2.12. The Balaban J connectivity index is 1.41. The van der Waals surface area contributed by atoms with E-state index in [4.69, 9.17) is 25.8 Å². The first-order valence-electron chi connectivity index (χ1n) is 11.6. The lowest BCUT2D eigenvalue weighted by atomic mass is 10.1. The number of carbonyl (C=O) groups is 1. The Labute approximate surface area is 222 Å². The van der Waals surface area contributed by atoms with Crippen molar-refractivity contribution in [3.63, 3.8) is 0 Å². The van der Waals surface area contributed by atoms with Gasteiger partial charge in [-0.25, -0.2) is 4.68 Å². The maximum Gasteiger partial charge on any atom is 0.336 e. The summed E-state index contributed by atoms with van der Waals surface area (Å²) >= 11 is 6.09. The predicted octanol–water partition coefficient (Wildman–Crippen LogP) is 5.51. The Hall–Kier alpha value is -4.64. The quantitative estimate of drug-likeness (QED) is 0.231. The highest BCUT2D eigenvalue weighted by Crippen LogP contribution is 2.36. The number of nitro groups is 1. The fourth-order valence-corrected chi connectivity index (χ4v) is 3.94. The molecule has 4 aromatic rings. The monoisotopic (exact) mass is 535 g/mol. The molecule has 11 nitrogen and oxygen atoms in total. The summed E-state index contributed by atoms with van der Waals surface area (Å²) in [6.45, 7) is 4.69. The molecular weight excluding hydrogens is 514 g/mol. The Morgan fingerprint density at radius 2 is 1.89 bits per heavy atom. The van der Waals surface area contributed by atoms with Gasteiger partial charge in [-0.2, -0.15) is 4.98 Å². The highest BCUT2D eigenvalue weighted by molar-refractivity contribution is 6.34. The molecule has 3 aromatic carbocycles. The first-order chi connectivity index (χ1) is 18.3. The van der Waals surface area contributed by atoms with Gasteiger partial charge in [0.2, 0.25) is 6.79 Å².